The van der Waals surface area contributed by atoms with Crippen LogP contribution in [0, 0.1) is 0 Å². The van der Waals surface area contributed by atoms with Gasteiger partial charge in [-0.1, -0.05) is 31.2 Å². The van der Waals surface area contributed by atoms with Crippen molar-refractivity contribution in [2.45, 2.75) is 41.0 Å². The topological polar surface area (TPSA) is 23.5 Å². The Morgan fingerprint density at radius 3 is 2.29 bits per heavy atom. The second-order valence-electron chi connectivity index (χ2n) is 5.20. The first kappa shape index (κ1) is 19.8. The standard InChI is InChI=1S/C18H29NOS/c1-7-14(2)13-19(9-10-20)18(6)17(5)12-16(4)15(3)8-11-21/h8,11-13,20-21H,6-7,9-10H2,1-5H3/b11-8-,14-13+,16-15+,17-12+. The summed E-state index contributed by atoms with van der Waals surface area (Å²) in [5.41, 5.74) is 5.62. The normalized spacial score (nSPS) is 14.4. The molecule has 3 heteroatoms. The van der Waals surface area contributed by atoms with Crippen molar-refractivity contribution >= 4 is 12.6 Å². The smallest absolute Gasteiger partial charge is 0.0610 e. The van der Waals surface area contributed by atoms with Crippen molar-refractivity contribution in [1.29, 1.82) is 0 Å². The van der Waals surface area contributed by atoms with Crippen LogP contribution in [0.4, 0.5) is 0 Å². The highest BCUT2D eigenvalue weighted by atomic mass is 32.1. The average Bonchev–Trinajstić information content (AvgIpc) is 2.45. The third-order valence-electron chi connectivity index (χ3n) is 3.46. The molecule has 0 aliphatic heterocycles. The van der Waals surface area contributed by atoms with Gasteiger partial charge >= 0.3 is 0 Å². The molecule has 0 heterocycles. The van der Waals surface area contributed by atoms with E-state index >= 15 is 0 Å². The first-order chi connectivity index (χ1) is 9.87. The summed E-state index contributed by atoms with van der Waals surface area (Å²) in [5.74, 6) is 0. The molecule has 0 aliphatic carbocycles. The maximum atomic E-state index is 9.23. The SMILES string of the molecule is C=C(/C(C)=C/C(C)=C(C)/C=C\S)N(/C=C(\C)CC)CCO. The number of thiol groups is 1. The van der Waals surface area contributed by atoms with Crippen LogP contribution in [0.15, 0.2) is 58.3 Å². The molecule has 0 unspecified atom stereocenters. The quantitative estimate of drug-likeness (QED) is 0.495. The average molecular weight is 308 g/mol. The predicted octanol–water partition coefficient (Wildman–Crippen LogP) is 4.83. The van der Waals surface area contributed by atoms with Gasteiger partial charge in [0.15, 0.2) is 0 Å². The lowest BCUT2D eigenvalue weighted by atomic mass is 10.1. The molecule has 0 aromatic heterocycles. The van der Waals surface area contributed by atoms with E-state index in [1.165, 1.54) is 16.7 Å². The van der Waals surface area contributed by atoms with Gasteiger partial charge in [0.1, 0.15) is 0 Å². The summed E-state index contributed by atoms with van der Waals surface area (Å²) in [5, 5.41) is 11.0. The van der Waals surface area contributed by atoms with Crippen LogP contribution in [0.1, 0.15) is 41.0 Å². The molecule has 2 nitrogen and oxygen atoms in total. The highest BCUT2D eigenvalue weighted by Crippen LogP contribution is 2.18. The van der Waals surface area contributed by atoms with Gasteiger partial charge in [0.05, 0.1) is 6.61 Å². The van der Waals surface area contributed by atoms with Crippen LogP contribution in [0.5, 0.6) is 0 Å². The molecular weight excluding hydrogens is 278 g/mol. The van der Waals surface area contributed by atoms with Crippen LogP contribution < -0.4 is 0 Å². The zero-order valence-electron chi connectivity index (χ0n) is 14.0. The van der Waals surface area contributed by atoms with Crippen LogP contribution in [-0.4, -0.2) is 23.2 Å². The minimum atomic E-state index is 0.107. The lowest BCUT2D eigenvalue weighted by Gasteiger charge is -2.24. The Labute approximate surface area is 135 Å². The van der Waals surface area contributed by atoms with Crippen LogP contribution in [-0.2, 0) is 0 Å². The molecule has 1 N–H and O–H groups in total. The van der Waals surface area contributed by atoms with Gasteiger partial charge in [0.2, 0.25) is 0 Å². The van der Waals surface area contributed by atoms with Crippen molar-refractivity contribution in [3.63, 3.8) is 0 Å². The second kappa shape index (κ2) is 10.5. The largest absolute Gasteiger partial charge is 0.395 e. The summed E-state index contributed by atoms with van der Waals surface area (Å²) in [6.45, 7) is 15.2. The molecule has 0 aliphatic rings. The lowest BCUT2D eigenvalue weighted by Crippen LogP contribution is -2.21. The summed E-state index contributed by atoms with van der Waals surface area (Å²) in [6, 6.07) is 0. The minimum absolute atomic E-state index is 0.107. The van der Waals surface area contributed by atoms with Crippen molar-refractivity contribution in [3.05, 3.63) is 58.3 Å². The molecule has 0 fully saturated rings. The Morgan fingerprint density at radius 2 is 1.81 bits per heavy atom. The summed E-state index contributed by atoms with van der Waals surface area (Å²) < 4.78 is 0. The zero-order chi connectivity index (χ0) is 16.4. The maximum absolute atomic E-state index is 9.23. The van der Waals surface area contributed by atoms with E-state index in [-0.39, 0.29) is 6.61 Å². The molecule has 0 radical (unpaired) electrons. The fourth-order valence-electron chi connectivity index (χ4n) is 1.73. The highest BCUT2D eigenvalue weighted by molar-refractivity contribution is 7.83. The molecule has 0 aromatic rings. The van der Waals surface area contributed by atoms with Gasteiger partial charge in [-0.15, -0.1) is 0 Å². The summed E-state index contributed by atoms with van der Waals surface area (Å²) >= 11 is 4.10. The van der Waals surface area contributed by atoms with E-state index in [9.17, 15) is 5.11 Å². The molecule has 118 valence electrons. The molecule has 0 saturated heterocycles. The summed E-state index contributed by atoms with van der Waals surface area (Å²) in [6.07, 6.45) is 7.14. The van der Waals surface area contributed by atoms with E-state index in [1.54, 1.807) is 5.41 Å². The van der Waals surface area contributed by atoms with Gasteiger partial charge in [0.25, 0.3) is 0 Å². The molecule has 21 heavy (non-hydrogen) atoms. The fourth-order valence-corrected chi connectivity index (χ4v) is 1.96. The number of rotatable bonds is 8. The number of nitrogens with zero attached hydrogens (tertiary/aromatic N) is 1. The third kappa shape index (κ3) is 7.39. The van der Waals surface area contributed by atoms with Crippen LogP contribution >= 0.6 is 12.6 Å². The van der Waals surface area contributed by atoms with Crippen LogP contribution in [0.3, 0.4) is 0 Å². The van der Waals surface area contributed by atoms with Gasteiger partial charge < -0.3 is 10.0 Å². The van der Waals surface area contributed by atoms with E-state index in [0.29, 0.717) is 6.54 Å². The third-order valence-corrected chi connectivity index (χ3v) is 3.61. The van der Waals surface area contributed by atoms with Crippen LogP contribution in [0.2, 0.25) is 0 Å². The van der Waals surface area contributed by atoms with Crippen molar-refractivity contribution < 1.29 is 5.11 Å². The van der Waals surface area contributed by atoms with E-state index in [4.69, 9.17) is 0 Å². The first-order valence-electron chi connectivity index (χ1n) is 7.27. The number of aliphatic hydroxyl groups is 1. The van der Waals surface area contributed by atoms with E-state index in [0.717, 1.165) is 17.7 Å². The summed E-state index contributed by atoms with van der Waals surface area (Å²) in [7, 11) is 0. The van der Waals surface area contributed by atoms with Crippen LogP contribution in [0.25, 0.3) is 0 Å². The summed E-state index contributed by atoms with van der Waals surface area (Å²) in [4.78, 5) is 2.02. The fraction of sp³-hybridized carbons (Fsp3) is 0.444. The van der Waals surface area contributed by atoms with Crippen molar-refractivity contribution in [3.8, 4) is 0 Å². The molecule has 0 spiro atoms. The molecule has 0 bridgehead atoms. The molecule has 0 amide bonds. The number of hydrogen-bond acceptors (Lipinski definition) is 3. The molecule has 0 saturated carbocycles. The number of aliphatic hydroxyl groups excluding tert-OH is 1. The number of allylic oxidation sites excluding steroid dienone is 6. The monoisotopic (exact) mass is 307 g/mol. The van der Waals surface area contributed by atoms with Crippen molar-refractivity contribution in [1.82, 2.24) is 4.90 Å². The molecular formula is C18H29NOS. The Morgan fingerprint density at radius 1 is 1.19 bits per heavy atom. The molecule has 0 aromatic carbocycles. The Balaban J connectivity index is 5.31. The van der Waals surface area contributed by atoms with Gasteiger partial charge in [-0.3, -0.25) is 0 Å². The van der Waals surface area contributed by atoms with E-state index in [1.807, 2.05) is 17.9 Å². The Bertz CT molecular complexity index is 470. The number of hydrogen-bond donors (Lipinski definition) is 2. The van der Waals surface area contributed by atoms with Gasteiger partial charge in [-0.25, -0.2) is 0 Å². The minimum Gasteiger partial charge on any atom is -0.395 e. The molecule has 0 rings (SSSR count). The first-order valence-corrected chi connectivity index (χ1v) is 7.79. The Hall–Kier alpha value is -1.19. The lowest BCUT2D eigenvalue weighted by molar-refractivity contribution is 0.258. The zero-order valence-corrected chi connectivity index (χ0v) is 14.9. The van der Waals surface area contributed by atoms with E-state index in [2.05, 4.69) is 59.2 Å². The Kier molecular flexibility index (Phi) is 9.93. The van der Waals surface area contributed by atoms with Gasteiger partial charge in [-0.05, 0) is 56.2 Å². The predicted molar refractivity (Wildman–Crippen MR) is 97.2 cm³/mol. The van der Waals surface area contributed by atoms with E-state index < -0.39 is 0 Å². The van der Waals surface area contributed by atoms with Gasteiger partial charge in [0, 0.05) is 18.4 Å². The van der Waals surface area contributed by atoms with Gasteiger partial charge in [-0.2, -0.15) is 12.6 Å². The second-order valence-corrected chi connectivity index (χ2v) is 5.50. The maximum Gasteiger partial charge on any atom is 0.0610 e. The van der Waals surface area contributed by atoms with Crippen molar-refractivity contribution in [2.24, 2.45) is 0 Å². The van der Waals surface area contributed by atoms with Crippen molar-refractivity contribution in [2.75, 3.05) is 13.2 Å². The highest BCUT2D eigenvalue weighted by Gasteiger charge is 2.07. The molecule has 0 atom stereocenters.